The number of methoxy groups -OCH3 is 1. The van der Waals surface area contributed by atoms with Gasteiger partial charge in [0.2, 0.25) is 0 Å². The van der Waals surface area contributed by atoms with E-state index >= 15 is 0 Å². The Balaban J connectivity index is 1.97. The lowest BCUT2D eigenvalue weighted by atomic mass is 10.0. The molecule has 0 aliphatic rings. The number of hydrogen-bond acceptors (Lipinski definition) is 4. The first-order valence-corrected chi connectivity index (χ1v) is 6.54. The molecule has 2 N–H and O–H groups in total. The molecule has 0 spiro atoms. The lowest BCUT2D eigenvalue weighted by Gasteiger charge is -2.04. The van der Waals surface area contributed by atoms with Crippen LogP contribution in [-0.2, 0) is 13.0 Å². The van der Waals surface area contributed by atoms with Crippen LogP contribution in [0.1, 0.15) is 28.0 Å². The summed E-state index contributed by atoms with van der Waals surface area (Å²) in [5.74, 6) is 0.930. The van der Waals surface area contributed by atoms with Crippen LogP contribution in [-0.4, -0.2) is 17.9 Å². The molecule has 1 aromatic heterocycles. The zero-order valence-electron chi connectivity index (χ0n) is 11.5. The minimum absolute atomic E-state index is 0.109. The fraction of sp³-hybridized carbons (Fsp3) is 0.250. The molecule has 0 radical (unpaired) electrons. The van der Waals surface area contributed by atoms with Gasteiger partial charge < -0.3 is 10.5 Å². The molecule has 0 atom stereocenters. The highest BCUT2D eigenvalue weighted by molar-refractivity contribution is 5.96. The molecular weight excluding hydrogens is 252 g/mol. The lowest BCUT2D eigenvalue weighted by Crippen LogP contribution is -2.05. The van der Waals surface area contributed by atoms with Gasteiger partial charge in [-0.1, -0.05) is 12.1 Å². The number of nitrogens with zero attached hydrogens (tertiary/aromatic N) is 1. The summed E-state index contributed by atoms with van der Waals surface area (Å²) >= 11 is 0. The fourth-order valence-electron chi connectivity index (χ4n) is 1.96. The molecule has 1 heterocycles. The van der Waals surface area contributed by atoms with Gasteiger partial charge in [-0.05, 0) is 36.2 Å². The van der Waals surface area contributed by atoms with Crippen molar-refractivity contribution >= 4 is 5.78 Å². The number of nitrogens with two attached hydrogens (primary N) is 1. The molecule has 0 bridgehead atoms. The number of aryl methyl sites for hydroxylation is 1. The van der Waals surface area contributed by atoms with Gasteiger partial charge in [0, 0.05) is 24.7 Å². The van der Waals surface area contributed by atoms with E-state index in [2.05, 4.69) is 4.98 Å². The van der Waals surface area contributed by atoms with Gasteiger partial charge in [0.15, 0.2) is 5.78 Å². The highest BCUT2D eigenvalue weighted by atomic mass is 16.5. The van der Waals surface area contributed by atoms with E-state index in [1.54, 1.807) is 25.4 Å². The van der Waals surface area contributed by atoms with Crippen LogP contribution < -0.4 is 10.5 Å². The molecule has 2 aromatic rings. The Kier molecular flexibility index (Phi) is 4.85. The number of Topliss-reactive ketones (excluding diaryl/α,β-unsaturated/α-hetero) is 1. The molecule has 0 amide bonds. The van der Waals surface area contributed by atoms with E-state index in [1.807, 2.05) is 24.3 Å². The summed E-state index contributed by atoms with van der Waals surface area (Å²) in [6.07, 6.45) is 2.81. The Morgan fingerprint density at radius 2 is 2.00 bits per heavy atom. The Labute approximate surface area is 118 Å². The molecule has 4 nitrogen and oxygen atoms in total. The average molecular weight is 270 g/mol. The number of carbonyl (C=O) groups excluding carboxylic acids is 1. The maximum absolute atomic E-state index is 12.1. The molecule has 0 saturated heterocycles. The first-order valence-electron chi connectivity index (χ1n) is 6.54. The minimum Gasteiger partial charge on any atom is -0.497 e. The van der Waals surface area contributed by atoms with Crippen molar-refractivity contribution in [2.24, 2.45) is 5.73 Å². The summed E-state index contributed by atoms with van der Waals surface area (Å²) in [4.78, 5) is 16.2. The molecular formula is C16H18N2O2. The van der Waals surface area contributed by atoms with Crippen LogP contribution in [0.15, 0.2) is 42.6 Å². The van der Waals surface area contributed by atoms with Crippen LogP contribution >= 0.6 is 0 Å². The van der Waals surface area contributed by atoms with Gasteiger partial charge in [-0.3, -0.25) is 9.78 Å². The highest BCUT2D eigenvalue weighted by Gasteiger charge is 2.07. The van der Waals surface area contributed by atoms with Crippen LogP contribution in [0.5, 0.6) is 5.75 Å². The van der Waals surface area contributed by atoms with Crippen molar-refractivity contribution in [2.45, 2.75) is 19.4 Å². The number of benzene rings is 1. The van der Waals surface area contributed by atoms with Crippen molar-refractivity contribution in [1.82, 2.24) is 4.98 Å². The summed E-state index contributed by atoms with van der Waals surface area (Å²) in [5, 5.41) is 0. The van der Waals surface area contributed by atoms with E-state index in [0.29, 0.717) is 24.9 Å². The first-order chi connectivity index (χ1) is 9.72. The maximum atomic E-state index is 12.1. The number of hydrogen-bond donors (Lipinski definition) is 1. The van der Waals surface area contributed by atoms with Crippen molar-refractivity contribution in [3.8, 4) is 5.75 Å². The number of ether oxygens (including phenoxy) is 1. The topological polar surface area (TPSA) is 65.2 Å². The second kappa shape index (κ2) is 6.82. The van der Waals surface area contributed by atoms with Gasteiger partial charge in [0.1, 0.15) is 5.75 Å². The fourth-order valence-corrected chi connectivity index (χ4v) is 1.96. The first kappa shape index (κ1) is 14.2. The number of ketones is 1. The minimum atomic E-state index is 0.109. The van der Waals surface area contributed by atoms with Gasteiger partial charge >= 0.3 is 0 Å². The predicted octanol–water partition coefficient (Wildman–Crippen LogP) is 2.36. The summed E-state index contributed by atoms with van der Waals surface area (Å²) in [5.41, 5.74) is 8.05. The van der Waals surface area contributed by atoms with E-state index in [-0.39, 0.29) is 5.78 Å². The van der Waals surface area contributed by atoms with Crippen molar-refractivity contribution < 1.29 is 9.53 Å². The Morgan fingerprint density at radius 3 is 2.65 bits per heavy atom. The molecule has 0 unspecified atom stereocenters. The Hall–Kier alpha value is -2.20. The van der Waals surface area contributed by atoms with Crippen LogP contribution in [0, 0.1) is 0 Å². The number of pyridine rings is 1. The molecule has 0 fully saturated rings. The summed E-state index contributed by atoms with van der Waals surface area (Å²) in [7, 11) is 1.64. The molecule has 2 rings (SSSR count). The van der Waals surface area contributed by atoms with Gasteiger partial charge in [0.25, 0.3) is 0 Å². The predicted molar refractivity (Wildman–Crippen MR) is 77.8 cm³/mol. The monoisotopic (exact) mass is 270 g/mol. The van der Waals surface area contributed by atoms with Crippen molar-refractivity contribution in [3.05, 3.63) is 59.4 Å². The SMILES string of the molecule is COc1ccc(CCC(=O)c2ccnc(CN)c2)cc1. The molecule has 104 valence electrons. The van der Waals surface area contributed by atoms with Gasteiger partial charge in [-0.2, -0.15) is 0 Å². The number of rotatable bonds is 6. The average Bonchev–Trinajstić information content (AvgIpc) is 2.53. The lowest BCUT2D eigenvalue weighted by molar-refractivity contribution is 0.0982. The molecule has 4 heteroatoms. The third kappa shape index (κ3) is 3.65. The van der Waals surface area contributed by atoms with Crippen molar-refractivity contribution in [1.29, 1.82) is 0 Å². The quantitative estimate of drug-likeness (QED) is 0.818. The zero-order valence-corrected chi connectivity index (χ0v) is 11.5. The van der Waals surface area contributed by atoms with E-state index < -0.39 is 0 Å². The Bertz CT molecular complexity index is 579. The van der Waals surface area contributed by atoms with E-state index in [1.165, 1.54) is 0 Å². The van der Waals surface area contributed by atoms with Gasteiger partial charge in [-0.15, -0.1) is 0 Å². The molecule has 1 aromatic carbocycles. The summed E-state index contributed by atoms with van der Waals surface area (Å²) in [6.45, 7) is 0.347. The standard InChI is InChI=1S/C16H18N2O2/c1-20-15-5-2-12(3-6-15)4-7-16(19)13-8-9-18-14(10-13)11-17/h2-3,5-6,8-10H,4,7,11,17H2,1H3. The highest BCUT2D eigenvalue weighted by Crippen LogP contribution is 2.14. The zero-order chi connectivity index (χ0) is 14.4. The van der Waals surface area contributed by atoms with Crippen LogP contribution in [0.3, 0.4) is 0 Å². The maximum Gasteiger partial charge on any atom is 0.163 e. The van der Waals surface area contributed by atoms with Crippen LogP contribution in [0.4, 0.5) is 0 Å². The largest absolute Gasteiger partial charge is 0.497 e. The van der Waals surface area contributed by atoms with Crippen LogP contribution in [0.2, 0.25) is 0 Å². The second-order valence-corrected chi connectivity index (χ2v) is 4.51. The summed E-state index contributed by atoms with van der Waals surface area (Å²) < 4.78 is 5.10. The number of carbonyl (C=O) groups is 1. The van der Waals surface area contributed by atoms with E-state index in [4.69, 9.17) is 10.5 Å². The smallest absolute Gasteiger partial charge is 0.163 e. The third-order valence-electron chi connectivity index (χ3n) is 3.15. The molecule has 20 heavy (non-hydrogen) atoms. The van der Waals surface area contributed by atoms with Gasteiger partial charge in [0.05, 0.1) is 12.8 Å². The molecule has 0 aliphatic carbocycles. The molecule has 0 saturated carbocycles. The second-order valence-electron chi connectivity index (χ2n) is 4.51. The van der Waals surface area contributed by atoms with Gasteiger partial charge in [-0.25, -0.2) is 0 Å². The van der Waals surface area contributed by atoms with Crippen molar-refractivity contribution in [3.63, 3.8) is 0 Å². The molecule has 0 aliphatic heterocycles. The summed E-state index contributed by atoms with van der Waals surface area (Å²) in [6, 6.07) is 11.2. The Morgan fingerprint density at radius 1 is 1.25 bits per heavy atom. The van der Waals surface area contributed by atoms with Crippen LogP contribution in [0.25, 0.3) is 0 Å². The number of aromatic nitrogens is 1. The van der Waals surface area contributed by atoms with E-state index in [0.717, 1.165) is 17.0 Å². The normalized spacial score (nSPS) is 10.3. The third-order valence-corrected chi connectivity index (χ3v) is 3.15. The van der Waals surface area contributed by atoms with Crippen molar-refractivity contribution in [2.75, 3.05) is 7.11 Å². The van der Waals surface area contributed by atoms with E-state index in [9.17, 15) is 4.79 Å².